The molecule has 0 aliphatic carbocycles. The maximum atomic E-state index is 12.5. The number of carbonyl (C=O) groups is 1. The first-order chi connectivity index (χ1) is 10.3. The number of nitrogens with zero attached hydrogens (tertiary/aromatic N) is 5. The van der Waals surface area contributed by atoms with Crippen LogP contribution in [0.4, 0.5) is 19.1 Å². The molecular formula is C12H9F3N6O. The second kappa shape index (κ2) is 4.83. The van der Waals surface area contributed by atoms with Crippen LogP contribution in [-0.4, -0.2) is 30.3 Å². The van der Waals surface area contributed by atoms with Gasteiger partial charge in [-0.1, -0.05) is 0 Å². The fourth-order valence-electron chi connectivity index (χ4n) is 1.86. The molecule has 3 aromatic rings. The van der Waals surface area contributed by atoms with Gasteiger partial charge in [-0.05, 0) is 18.2 Å². The van der Waals surface area contributed by atoms with E-state index in [-0.39, 0.29) is 11.5 Å². The number of halogens is 3. The van der Waals surface area contributed by atoms with Gasteiger partial charge in [-0.25, -0.2) is 9.20 Å². The summed E-state index contributed by atoms with van der Waals surface area (Å²) in [6, 6.07) is 5.01. The van der Waals surface area contributed by atoms with Crippen molar-refractivity contribution >= 4 is 17.4 Å². The molecule has 3 heterocycles. The molecule has 0 saturated heterocycles. The molecule has 0 unspecified atom stereocenters. The van der Waals surface area contributed by atoms with Crippen molar-refractivity contribution in [1.82, 2.24) is 24.4 Å². The smallest absolute Gasteiger partial charge is 0.291 e. The van der Waals surface area contributed by atoms with Gasteiger partial charge in [0.1, 0.15) is 0 Å². The van der Waals surface area contributed by atoms with Crippen LogP contribution in [0.25, 0.3) is 5.52 Å². The molecule has 1 N–H and O–H groups in total. The van der Waals surface area contributed by atoms with Gasteiger partial charge in [-0.3, -0.25) is 10.1 Å². The van der Waals surface area contributed by atoms with Crippen molar-refractivity contribution in [3.8, 4) is 0 Å². The molecule has 0 aromatic carbocycles. The van der Waals surface area contributed by atoms with Crippen LogP contribution in [0.15, 0.2) is 30.6 Å². The lowest BCUT2D eigenvalue weighted by Crippen LogP contribution is -2.14. The number of carbonyl (C=O) groups excluding carboxylic acids is 1. The summed E-state index contributed by atoms with van der Waals surface area (Å²) in [5, 5.41) is 9.51. The number of rotatable bonds is 2. The van der Waals surface area contributed by atoms with E-state index in [1.165, 1.54) is 17.8 Å². The van der Waals surface area contributed by atoms with E-state index < -0.39 is 17.9 Å². The zero-order valence-corrected chi connectivity index (χ0v) is 11.2. The molecule has 22 heavy (non-hydrogen) atoms. The Balaban J connectivity index is 1.86. The maximum Gasteiger partial charge on any atom is 0.453 e. The average molecular weight is 310 g/mol. The molecule has 1 amide bonds. The summed E-state index contributed by atoms with van der Waals surface area (Å²) in [7, 11) is 1.26. The summed E-state index contributed by atoms with van der Waals surface area (Å²) in [6.07, 6.45) is -1.66. The molecule has 0 saturated carbocycles. The molecule has 0 aliphatic rings. The molecule has 0 bridgehead atoms. The van der Waals surface area contributed by atoms with Gasteiger partial charge in [0.25, 0.3) is 11.7 Å². The molecule has 0 aliphatic heterocycles. The SMILES string of the molecule is Cn1nc(C(F)(F)F)nc1NC(=O)c1cc2cccnn2c1. The molecule has 7 nitrogen and oxygen atoms in total. The van der Waals surface area contributed by atoms with Crippen LogP contribution in [0.1, 0.15) is 16.2 Å². The number of hydrogen-bond donors (Lipinski definition) is 1. The second-order valence-corrected chi connectivity index (χ2v) is 4.46. The van der Waals surface area contributed by atoms with E-state index in [4.69, 9.17) is 0 Å². The third-order valence-electron chi connectivity index (χ3n) is 2.88. The van der Waals surface area contributed by atoms with E-state index in [9.17, 15) is 18.0 Å². The summed E-state index contributed by atoms with van der Waals surface area (Å²) >= 11 is 0. The van der Waals surface area contributed by atoms with Crippen molar-refractivity contribution < 1.29 is 18.0 Å². The minimum absolute atomic E-state index is 0.246. The van der Waals surface area contributed by atoms with Gasteiger partial charge in [-0.2, -0.15) is 23.3 Å². The minimum atomic E-state index is -4.67. The number of hydrogen-bond acceptors (Lipinski definition) is 4. The first-order valence-corrected chi connectivity index (χ1v) is 6.07. The summed E-state index contributed by atoms with van der Waals surface area (Å²) in [5.41, 5.74) is 0.928. The van der Waals surface area contributed by atoms with Crippen LogP contribution in [0, 0.1) is 0 Å². The monoisotopic (exact) mass is 310 g/mol. The molecule has 0 radical (unpaired) electrons. The van der Waals surface area contributed by atoms with Gasteiger partial charge < -0.3 is 0 Å². The predicted octanol–water partition coefficient (Wildman–Crippen LogP) is 1.73. The Morgan fingerprint density at radius 3 is 2.77 bits per heavy atom. The van der Waals surface area contributed by atoms with E-state index >= 15 is 0 Å². The van der Waals surface area contributed by atoms with E-state index in [1.807, 2.05) is 0 Å². The van der Waals surface area contributed by atoms with Crippen molar-refractivity contribution in [3.63, 3.8) is 0 Å². The summed E-state index contributed by atoms with van der Waals surface area (Å²) < 4.78 is 39.9. The Morgan fingerprint density at radius 1 is 1.36 bits per heavy atom. The average Bonchev–Trinajstić information content (AvgIpc) is 3.02. The Labute approximate surface area is 121 Å². The Morgan fingerprint density at radius 2 is 2.14 bits per heavy atom. The highest BCUT2D eigenvalue weighted by Gasteiger charge is 2.37. The molecule has 0 spiro atoms. The molecule has 10 heteroatoms. The lowest BCUT2D eigenvalue weighted by molar-refractivity contribution is -0.144. The van der Waals surface area contributed by atoms with Crippen molar-refractivity contribution in [2.45, 2.75) is 6.18 Å². The Kier molecular flexibility index (Phi) is 3.08. The standard InChI is InChI=1S/C12H9F3N6O/c1-20-11(18-10(19-20)12(13,14)15)17-9(22)7-5-8-3-2-4-16-21(8)6-7/h2-6H,1H3,(H,17,18,19,22). The summed E-state index contributed by atoms with van der Waals surface area (Å²) in [5.74, 6) is -2.20. The topological polar surface area (TPSA) is 77.1 Å². The minimum Gasteiger partial charge on any atom is -0.291 e. The van der Waals surface area contributed by atoms with Crippen molar-refractivity contribution in [3.05, 3.63) is 42.0 Å². The second-order valence-electron chi connectivity index (χ2n) is 4.46. The number of alkyl halides is 3. The first-order valence-electron chi connectivity index (χ1n) is 6.07. The Hall–Kier alpha value is -2.91. The lowest BCUT2D eigenvalue weighted by Gasteiger charge is -2.00. The van der Waals surface area contributed by atoms with Crippen LogP contribution in [-0.2, 0) is 13.2 Å². The number of amides is 1. The van der Waals surface area contributed by atoms with Crippen LogP contribution < -0.4 is 5.32 Å². The van der Waals surface area contributed by atoms with Gasteiger partial charge >= 0.3 is 6.18 Å². The maximum absolute atomic E-state index is 12.5. The van der Waals surface area contributed by atoms with E-state index in [0.717, 1.165) is 4.68 Å². The molecule has 114 valence electrons. The lowest BCUT2D eigenvalue weighted by atomic mass is 10.3. The van der Waals surface area contributed by atoms with Gasteiger partial charge in [0.15, 0.2) is 0 Å². The fraction of sp³-hybridized carbons (Fsp3) is 0.167. The highest BCUT2D eigenvalue weighted by atomic mass is 19.4. The number of aromatic nitrogens is 5. The van der Waals surface area contributed by atoms with Crippen LogP contribution in [0.3, 0.4) is 0 Å². The van der Waals surface area contributed by atoms with E-state index in [1.54, 1.807) is 24.4 Å². The molecule has 0 fully saturated rings. The van der Waals surface area contributed by atoms with Crippen molar-refractivity contribution in [2.75, 3.05) is 5.32 Å². The molecule has 3 aromatic heterocycles. The molecular weight excluding hydrogens is 301 g/mol. The van der Waals surface area contributed by atoms with Crippen LogP contribution in [0.2, 0.25) is 0 Å². The molecule has 0 atom stereocenters. The fourth-order valence-corrected chi connectivity index (χ4v) is 1.86. The number of aryl methyl sites for hydroxylation is 1. The third-order valence-corrected chi connectivity index (χ3v) is 2.88. The van der Waals surface area contributed by atoms with Gasteiger partial charge in [0.2, 0.25) is 5.95 Å². The first kappa shape index (κ1) is 14.0. The van der Waals surface area contributed by atoms with Crippen molar-refractivity contribution in [1.29, 1.82) is 0 Å². The largest absolute Gasteiger partial charge is 0.453 e. The Bertz CT molecular complexity index is 817. The number of anilines is 1. The zero-order chi connectivity index (χ0) is 15.9. The summed E-state index contributed by atoms with van der Waals surface area (Å²) in [4.78, 5) is 15.4. The molecule has 3 rings (SSSR count). The van der Waals surface area contributed by atoms with E-state index in [2.05, 4.69) is 20.5 Å². The predicted molar refractivity (Wildman–Crippen MR) is 69.2 cm³/mol. The van der Waals surface area contributed by atoms with Crippen LogP contribution in [0.5, 0.6) is 0 Å². The van der Waals surface area contributed by atoms with Gasteiger partial charge in [-0.15, -0.1) is 5.10 Å². The normalized spacial score (nSPS) is 11.8. The highest BCUT2D eigenvalue weighted by molar-refractivity contribution is 6.04. The van der Waals surface area contributed by atoms with E-state index in [0.29, 0.717) is 5.52 Å². The van der Waals surface area contributed by atoms with Gasteiger partial charge in [0.05, 0.1) is 11.1 Å². The quantitative estimate of drug-likeness (QED) is 0.782. The number of nitrogens with one attached hydrogen (secondary N) is 1. The third kappa shape index (κ3) is 2.50. The zero-order valence-electron chi connectivity index (χ0n) is 11.2. The number of fused-ring (bicyclic) bond motifs is 1. The van der Waals surface area contributed by atoms with Crippen LogP contribution >= 0.6 is 0 Å². The van der Waals surface area contributed by atoms with Crippen molar-refractivity contribution in [2.24, 2.45) is 7.05 Å². The van der Waals surface area contributed by atoms with Gasteiger partial charge in [0, 0.05) is 19.4 Å². The highest BCUT2D eigenvalue weighted by Crippen LogP contribution is 2.27. The summed E-state index contributed by atoms with van der Waals surface area (Å²) in [6.45, 7) is 0.